The van der Waals surface area contributed by atoms with E-state index in [2.05, 4.69) is 222 Å². The highest BCUT2D eigenvalue weighted by Crippen LogP contribution is 2.59. The summed E-state index contributed by atoms with van der Waals surface area (Å²) in [6.07, 6.45) is 0. The molecular formula is C63H49NO. The Kier molecular flexibility index (Phi) is 7.80. The molecule has 0 unspecified atom stereocenters. The SMILES string of the molecule is CC1(C)c2ccc(-c3ccccc3)cc2-c2cc3c(cc21)-c1ccc(N(c2ccc(-c4ccc5c(c4)oc4ccccc45)cc2)c2cccc4c2-c2ccccc2C4(C)C)cc1C3(C)C. The molecule has 0 amide bonds. The molecule has 65 heavy (non-hydrogen) atoms. The van der Waals surface area contributed by atoms with Gasteiger partial charge in [-0.25, -0.2) is 0 Å². The van der Waals surface area contributed by atoms with Crippen LogP contribution < -0.4 is 4.90 Å². The molecule has 0 fully saturated rings. The van der Waals surface area contributed by atoms with Crippen LogP contribution >= 0.6 is 0 Å². The Bertz CT molecular complexity index is 3620. The molecule has 312 valence electrons. The van der Waals surface area contributed by atoms with Crippen LogP contribution in [0, 0.1) is 0 Å². The number of anilines is 3. The predicted molar refractivity (Wildman–Crippen MR) is 272 cm³/mol. The van der Waals surface area contributed by atoms with E-state index < -0.39 is 0 Å². The molecule has 3 aliphatic rings. The van der Waals surface area contributed by atoms with Crippen LogP contribution in [0.15, 0.2) is 192 Å². The van der Waals surface area contributed by atoms with E-state index in [-0.39, 0.29) is 16.2 Å². The average Bonchev–Trinajstić information content (AvgIpc) is 3.97. The zero-order valence-corrected chi connectivity index (χ0v) is 37.8. The van der Waals surface area contributed by atoms with Crippen LogP contribution in [0.4, 0.5) is 17.1 Å². The lowest BCUT2D eigenvalue weighted by Crippen LogP contribution is -2.18. The second-order valence-corrected chi connectivity index (χ2v) is 20.1. The lowest BCUT2D eigenvalue weighted by Gasteiger charge is -2.30. The molecule has 1 heterocycles. The van der Waals surface area contributed by atoms with E-state index in [0.717, 1.165) is 44.4 Å². The molecule has 1 aromatic heterocycles. The fraction of sp³-hybridized carbons (Fsp3) is 0.143. The number of nitrogens with zero attached hydrogens (tertiary/aromatic N) is 1. The lowest BCUT2D eigenvalue weighted by molar-refractivity contribution is 0.652. The molecule has 0 spiro atoms. The minimum Gasteiger partial charge on any atom is -0.456 e. The molecule has 0 atom stereocenters. The Labute approximate surface area is 381 Å². The minimum atomic E-state index is -0.225. The second-order valence-electron chi connectivity index (χ2n) is 20.1. The maximum absolute atomic E-state index is 6.32. The quantitative estimate of drug-likeness (QED) is 0.172. The molecule has 10 aromatic rings. The van der Waals surface area contributed by atoms with Gasteiger partial charge in [0.15, 0.2) is 0 Å². The number of hydrogen-bond acceptors (Lipinski definition) is 2. The summed E-state index contributed by atoms with van der Waals surface area (Å²) >= 11 is 0. The van der Waals surface area contributed by atoms with Crippen LogP contribution in [-0.4, -0.2) is 0 Å². The molecule has 0 radical (unpaired) electrons. The molecular weight excluding hydrogens is 787 g/mol. The minimum absolute atomic E-state index is 0.111. The fourth-order valence-electron chi connectivity index (χ4n) is 12.0. The van der Waals surface area contributed by atoms with Gasteiger partial charge in [0.1, 0.15) is 11.2 Å². The van der Waals surface area contributed by atoms with Gasteiger partial charge in [-0.3, -0.25) is 0 Å². The fourth-order valence-corrected chi connectivity index (χ4v) is 12.0. The van der Waals surface area contributed by atoms with E-state index in [9.17, 15) is 0 Å². The Morgan fingerprint density at radius 3 is 1.69 bits per heavy atom. The molecule has 13 rings (SSSR count). The van der Waals surface area contributed by atoms with E-state index in [0.29, 0.717) is 0 Å². The Hall–Kier alpha value is -7.42. The van der Waals surface area contributed by atoms with E-state index in [4.69, 9.17) is 4.42 Å². The van der Waals surface area contributed by atoms with Crippen molar-refractivity contribution in [1.82, 2.24) is 0 Å². The van der Waals surface area contributed by atoms with Gasteiger partial charge in [-0.05, 0) is 150 Å². The molecule has 2 nitrogen and oxygen atoms in total. The van der Waals surface area contributed by atoms with Gasteiger partial charge in [0.05, 0.1) is 5.69 Å². The van der Waals surface area contributed by atoms with E-state index >= 15 is 0 Å². The highest BCUT2D eigenvalue weighted by Gasteiger charge is 2.43. The summed E-state index contributed by atoms with van der Waals surface area (Å²) in [5, 5.41) is 2.29. The summed E-state index contributed by atoms with van der Waals surface area (Å²) in [6.45, 7) is 14.4. The monoisotopic (exact) mass is 835 g/mol. The molecule has 0 N–H and O–H groups in total. The third-order valence-corrected chi connectivity index (χ3v) is 15.5. The summed E-state index contributed by atoms with van der Waals surface area (Å²) in [4.78, 5) is 2.51. The number of para-hydroxylation sites is 1. The normalized spacial score (nSPS) is 15.3. The molecule has 0 bridgehead atoms. The number of furan rings is 1. The van der Waals surface area contributed by atoms with Gasteiger partial charge in [0.2, 0.25) is 0 Å². The van der Waals surface area contributed by atoms with Gasteiger partial charge < -0.3 is 9.32 Å². The summed E-state index contributed by atoms with van der Waals surface area (Å²) in [5.74, 6) is 0. The van der Waals surface area contributed by atoms with Gasteiger partial charge in [-0.15, -0.1) is 0 Å². The Morgan fingerprint density at radius 2 is 0.877 bits per heavy atom. The van der Waals surface area contributed by atoms with Crippen molar-refractivity contribution in [2.45, 2.75) is 57.8 Å². The summed E-state index contributed by atoms with van der Waals surface area (Å²) < 4.78 is 6.32. The van der Waals surface area contributed by atoms with Crippen molar-refractivity contribution < 1.29 is 4.42 Å². The standard InChI is InChI=1S/C63H49NO/c1-61(2)51-19-12-10-18-47(51)60-53(61)20-14-21-57(60)64(42-27-23-39(24-28-42)41-25-30-46-45-17-11-13-22-58(45)65-59(46)34-41)43-29-31-44-49-36-56-50(37-55(49)63(5,6)54(44)35-43)48-33-40(38-15-8-7-9-16-38)26-32-52(48)62(56,3)4/h7-37H,1-6H3. The van der Waals surface area contributed by atoms with Crippen LogP contribution in [0.3, 0.4) is 0 Å². The molecule has 0 aliphatic heterocycles. The lowest BCUT2D eigenvalue weighted by atomic mass is 9.79. The van der Waals surface area contributed by atoms with Gasteiger partial charge in [-0.1, -0.05) is 163 Å². The van der Waals surface area contributed by atoms with Gasteiger partial charge in [-0.2, -0.15) is 0 Å². The number of benzene rings is 9. The van der Waals surface area contributed by atoms with Crippen LogP contribution in [0.5, 0.6) is 0 Å². The third-order valence-electron chi connectivity index (χ3n) is 15.5. The summed E-state index contributed by atoms with van der Waals surface area (Å²) in [7, 11) is 0. The highest BCUT2D eigenvalue weighted by atomic mass is 16.3. The molecule has 0 saturated heterocycles. The summed E-state index contributed by atoms with van der Waals surface area (Å²) in [6, 6.07) is 70.1. The summed E-state index contributed by atoms with van der Waals surface area (Å²) in [5.41, 5.74) is 26.0. The average molecular weight is 836 g/mol. The first kappa shape index (κ1) is 38.1. The Balaban J connectivity index is 0.954. The van der Waals surface area contributed by atoms with Crippen LogP contribution in [0.25, 0.3) is 77.6 Å². The largest absolute Gasteiger partial charge is 0.456 e. The number of fused-ring (bicyclic) bond motifs is 12. The maximum Gasteiger partial charge on any atom is 0.136 e. The molecule has 0 saturated carbocycles. The number of hydrogen-bond donors (Lipinski definition) is 0. The van der Waals surface area contributed by atoms with Crippen molar-refractivity contribution in [2.75, 3.05) is 4.90 Å². The van der Waals surface area contributed by atoms with Gasteiger partial charge in [0, 0.05) is 44.0 Å². The first-order valence-electron chi connectivity index (χ1n) is 23.1. The first-order valence-corrected chi connectivity index (χ1v) is 23.1. The van der Waals surface area contributed by atoms with Crippen LogP contribution in [0.2, 0.25) is 0 Å². The maximum atomic E-state index is 6.32. The number of rotatable bonds is 5. The topological polar surface area (TPSA) is 16.4 Å². The first-order chi connectivity index (χ1) is 31.5. The van der Waals surface area contributed by atoms with Gasteiger partial charge in [0.25, 0.3) is 0 Å². The van der Waals surface area contributed by atoms with Crippen molar-refractivity contribution in [3.8, 4) is 55.6 Å². The molecule has 2 heteroatoms. The van der Waals surface area contributed by atoms with E-state index in [1.54, 1.807) is 0 Å². The van der Waals surface area contributed by atoms with Crippen molar-refractivity contribution in [2.24, 2.45) is 0 Å². The van der Waals surface area contributed by atoms with Crippen molar-refractivity contribution >= 4 is 39.0 Å². The van der Waals surface area contributed by atoms with E-state index in [1.807, 2.05) is 12.1 Å². The smallest absolute Gasteiger partial charge is 0.136 e. The van der Waals surface area contributed by atoms with Crippen molar-refractivity contribution in [3.05, 3.63) is 221 Å². The van der Waals surface area contributed by atoms with Crippen molar-refractivity contribution in [3.63, 3.8) is 0 Å². The van der Waals surface area contributed by atoms with Crippen LogP contribution in [0.1, 0.15) is 74.9 Å². The molecule has 9 aromatic carbocycles. The zero-order chi connectivity index (χ0) is 44.0. The second kappa shape index (κ2) is 13.3. The molecule has 3 aliphatic carbocycles. The highest BCUT2D eigenvalue weighted by molar-refractivity contribution is 6.06. The van der Waals surface area contributed by atoms with Gasteiger partial charge >= 0.3 is 0 Å². The third kappa shape index (κ3) is 5.34. The van der Waals surface area contributed by atoms with Crippen molar-refractivity contribution in [1.29, 1.82) is 0 Å². The van der Waals surface area contributed by atoms with Crippen LogP contribution in [-0.2, 0) is 16.2 Å². The predicted octanol–water partition coefficient (Wildman–Crippen LogP) is 17.3. The Morgan fingerprint density at radius 1 is 0.323 bits per heavy atom. The zero-order valence-electron chi connectivity index (χ0n) is 37.8. The van der Waals surface area contributed by atoms with E-state index in [1.165, 1.54) is 83.6 Å².